The number of nitrogens with zero attached hydrogens (tertiary/aromatic N) is 3. The number of hydrogen-bond acceptors (Lipinski definition) is 4. The van der Waals surface area contributed by atoms with Gasteiger partial charge >= 0.3 is 6.03 Å². The molecule has 2 aromatic rings. The van der Waals surface area contributed by atoms with E-state index in [1.807, 2.05) is 24.3 Å². The van der Waals surface area contributed by atoms with Crippen molar-refractivity contribution in [1.82, 2.24) is 9.80 Å². The molecule has 3 amide bonds. The molecule has 2 saturated heterocycles. The lowest BCUT2D eigenvalue weighted by Crippen LogP contribution is -2.51. The molecule has 0 aliphatic carbocycles. The molecule has 32 heavy (non-hydrogen) atoms. The molecule has 0 spiro atoms. The summed E-state index contributed by atoms with van der Waals surface area (Å²) >= 11 is 6.51. The van der Waals surface area contributed by atoms with Gasteiger partial charge in [-0.2, -0.15) is 0 Å². The van der Waals surface area contributed by atoms with Crippen LogP contribution in [-0.4, -0.2) is 68.1 Å². The van der Waals surface area contributed by atoms with Gasteiger partial charge in [-0.05, 0) is 55.7 Å². The lowest BCUT2D eigenvalue weighted by molar-refractivity contribution is 0.0671. The number of anilines is 2. The standard InChI is InChI=1S/C24H29ClN4O3/c1-32-20-7-5-6-18(16-20)23(30)28-12-14-29(15-13-28)24(31)26-19-8-9-22(21(25)17-19)27-10-3-2-4-11-27/h5-9,16-17H,2-4,10-15H2,1H3,(H,26,31). The van der Waals surface area contributed by atoms with Gasteiger partial charge in [0.2, 0.25) is 0 Å². The maximum atomic E-state index is 12.8. The number of methoxy groups -OCH3 is 1. The van der Waals surface area contributed by atoms with Crippen molar-refractivity contribution >= 4 is 34.9 Å². The van der Waals surface area contributed by atoms with Crippen LogP contribution >= 0.6 is 11.6 Å². The van der Waals surface area contributed by atoms with Crippen LogP contribution in [0.2, 0.25) is 5.02 Å². The van der Waals surface area contributed by atoms with Crippen molar-refractivity contribution in [1.29, 1.82) is 0 Å². The van der Waals surface area contributed by atoms with Crippen LogP contribution < -0.4 is 15.0 Å². The Morgan fingerprint density at radius 1 is 0.906 bits per heavy atom. The number of amides is 3. The van der Waals surface area contributed by atoms with Crippen LogP contribution in [0.15, 0.2) is 42.5 Å². The van der Waals surface area contributed by atoms with Gasteiger partial charge in [0.05, 0.1) is 17.8 Å². The van der Waals surface area contributed by atoms with Gasteiger partial charge in [-0.3, -0.25) is 4.79 Å². The van der Waals surface area contributed by atoms with Crippen LogP contribution in [0, 0.1) is 0 Å². The molecule has 8 heteroatoms. The van der Waals surface area contributed by atoms with E-state index >= 15 is 0 Å². The van der Waals surface area contributed by atoms with E-state index in [1.165, 1.54) is 19.3 Å². The highest BCUT2D eigenvalue weighted by atomic mass is 35.5. The summed E-state index contributed by atoms with van der Waals surface area (Å²) in [7, 11) is 1.58. The molecule has 0 unspecified atom stereocenters. The Morgan fingerprint density at radius 3 is 2.31 bits per heavy atom. The molecule has 2 heterocycles. The van der Waals surface area contributed by atoms with E-state index < -0.39 is 0 Å². The predicted octanol–water partition coefficient (Wildman–Crippen LogP) is 4.33. The summed E-state index contributed by atoms with van der Waals surface area (Å²) in [5.74, 6) is 0.600. The van der Waals surface area contributed by atoms with Crippen LogP contribution in [-0.2, 0) is 0 Å². The highest BCUT2D eigenvalue weighted by Gasteiger charge is 2.25. The summed E-state index contributed by atoms with van der Waals surface area (Å²) in [6.07, 6.45) is 3.63. The number of benzene rings is 2. The average Bonchev–Trinajstić information content (AvgIpc) is 2.84. The smallest absolute Gasteiger partial charge is 0.321 e. The Morgan fingerprint density at radius 2 is 1.62 bits per heavy atom. The number of rotatable bonds is 4. The summed E-state index contributed by atoms with van der Waals surface area (Å²) in [6, 6.07) is 12.6. The van der Waals surface area contributed by atoms with Gasteiger partial charge in [0, 0.05) is 50.5 Å². The fourth-order valence-corrected chi connectivity index (χ4v) is 4.53. The first kappa shape index (κ1) is 22.3. The zero-order chi connectivity index (χ0) is 22.5. The third kappa shape index (κ3) is 5.10. The van der Waals surface area contributed by atoms with E-state index in [1.54, 1.807) is 35.1 Å². The van der Waals surface area contributed by atoms with Crippen molar-refractivity contribution < 1.29 is 14.3 Å². The molecule has 7 nitrogen and oxygen atoms in total. The first-order chi connectivity index (χ1) is 15.5. The SMILES string of the molecule is COc1cccc(C(=O)N2CCN(C(=O)Nc3ccc(N4CCCCC4)c(Cl)c3)CC2)c1. The summed E-state index contributed by atoms with van der Waals surface area (Å²) < 4.78 is 5.20. The normalized spacial score (nSPS) is 16.6. The number of urea groups is 1. The van der Waals surface area contributed by atoms with Gasteiger partial charge in [0.1, 0.15) is 5.75 Å². The second kappa shape index (κ2) is 10.1. The minimum absolute atomic E-state index is 0.0518. The minimum Gasteiger partial charge on any atom is -0.497 e. The number of carbonyl (C=O) groups excluding carboxylic acids is 2. The molecule has 2 aromatic carbocycles. The monoisotopic (exact) mass is 456 g/mol. The molecule has 4 rings (SSSR count). The largest absolute Gasteiger partial charge is 0.497 e. The molecule has 2 fully saturated rings. The fourth-order valence-electron chi connectivity index (χ4n) is 4.23. The molecule has 1 N–H and O–H groups in total. The minimum atomic E-state index is -0.180. The van der Waals surface area contributed by atoms with Gasteiger partial charge in [0.25, 0.3) is 5.91 Å². The maximum absolute atomic E-state index is 12.8. The van der Waals surface area contributed by atoms with E-state index in [-0.39, 0.29) is 11.9 Å². The number of halogens is 1. The van der Waals surface area contributed by atoms with Gasteiger partial charge in [0.15, 0.2) is 0 Å². The Bertz CT molecular complexity index is 969. The average molecular weight is 457 g/mol. The van der Waals surface area contributed by atoms with E-state index in [0.29, 0.717) is 48.2 Å². The number of ether oxygens (including phenoxy) is 1. The summed E-state index contributed by atoms with van der Waals surface area (Å²) in [6.45, 7) is 3.95. The second-order valence-corrected chi connectivity index (χ2v) is 8.56. The number of carbonyl (C=O) groups is 2. The molecule has 0 aromatic heterocycles. The van der Waals surface area contributed by atoms with Crippen molar-refractivity contribution in [3.05, 3.63) is 53.1 Å². The van der Waals surface area contributed by atoms with Crippen LogP contribution in [0.3, 0.4) is 0 Å². The number of nitrogens with one attached hydrogen (secondary N) is 1. The van der Waals surface area contributed by atoms with Crippen molar-refractivity contribution in [3.8, 4) is 5.75 Å². The van der Waals surface area contributed by atoms with Gasteiger partial charge in [-0.1, -0.05) is 17.7 Å². The summed E-state index contributed by atoms with van der Waals surface area (Å²) in [5, 5.41) is 3.59. The highest BCUT2D eigenvalue weighted by molar-refractivity contribution is 6.33. The Labute approximate surface area is 193 Å². The highest BCUT2D eigenvalue weighted by Crippen LogP contribution is 2.31. The van der Waals surface area contributed by atoms with Crippen molar-refractivity contribution in [2.45, 2.75) is 19.3 Å². The number of piperazine rings is 1. The lowest BCUT2D eigenvalue weighted by atomic mass is 10.1. The third-order valence-corrected chi connectivity index (χ3v) is 6.37. The Hall–Kier alpha value is -2.93. The quantitative estimate of drug-likeness (QED) is 0.743. The van der Waals surface area contributed by atoms with Crippen LogP contribution in [0.1, 0.15) is 29.6 Å². The van der Waals surface area contributed by atoms with Crippen LogP contribution in [0.5, 0.6) is 5.75 Å². The zero-order valence-corrected chi connectivity index (χ0v) is 19.1. The zero-order valence-electron chi connectivity index (χ0n) is 18.3. The molecule has 2 aliphatic heterocycles. The summed E-state index contributed by atoms with van der Waals surface area (Å²) in [4.78, 5) is 31.3. The molecular weight excluding hydrogens is 428 g/mol. The molecule has 170 valence electrons. The maximum Gasteiger partial charge on any atom is 0.321 e. The number of hydrogen-bond donors (Lipinski definition) is 1. The molecule has 2 aliphatic rings. The van der Waals surface area contributed by atoms with Gasteiger partial charge in [-0.15, -0.1) is 0 Å². The van der Waals surface area contributed by atoms with Crippen LogP contribution in [0.25, 0.3) is 0 Å². The molecule has 0 radical (unpaired) electrons. The third-order valence-electron chi connectivity index (χ3n) is 6.07. The molecule has 0 bridgehead atoms. The first-order valence-electron chi connectivity index (χ1n) is 11.1. The topological polar surface area (TPSA) is 65.1 Å². The van der Waals surface area contributed by atoms with Crippen molar-refractivity contribution in [2.75, 3.05) is 56.6 Å². The van der Waals surface area contributed by atoms with Gasteiger partial charge < -0.3 is 24.8 Å². The Kier molecular flexibility index (Phi) is 7.05. The first-order valence-corrected chi connectivity index (χ1v) is 11.5. The van der Waals surface area contributed by atoms with Crippen LogP contribution in [0.4, 0.5) is 16.2 Å². The number of piperidine rings is 1. The lowest BCUT2D eigenvalue weighted by Gasteiger charge is -2.35. The van der Waals surface area contributed by atoms with Gasteiger partial charge in [-0.25, -0.2) is 4.79 Å². The molecular formula is C24H29ClN4O3. The van der Waals surface area contributed by atoms with E-state index in [4.69, 9.17) is 16.3 Å². The van der Waals surface area contributed by atoms with E-state index in [0.717, 1.165) is 18.8 Å². The van der Waals surface area contributed by atoms with Crippen molar-refractivity contribution in [3.63, 3.8) is 0 Å². The van der Waals surface area contributed by atoms with E-state index in [2.05, 4.69) is 10.2 Å². The predicted molar refractivity (Wildman–Crippen MR) is 127 cm³/mol. The Balaban J connectivity index is 1.31. The summed E-state index contributed by atoms with van der Waals surface area (Å²) in [5.41, 5.74) is 2.29. The second-order valence-electron chi connectivity index (χ2n) is 8.16. The van der Waals surface area contributed by atoms with E-state index in [9.17, 15) is 9.59 Å². The fraction of sp³-hybridized carbons (Fsp3) is 0.417. The molecule has 0 atom stereocenters. The van der Waals surface area contributed by atoms with Crippen molar-refractivity contribution in [2.24, 2.45) is 0 Å². The molecule has 0 saturated carbocycles.